The Kier molecular flexibility index (Phi) is 2.98. The molecule has 6 nitrogen and oxygen atoms in total. The lowest BCUT2D eigenvalue weighted by Crippen LogP contribution is -2.14. The number of rotatable bonds is 2. The first-order chi connectivity index (χ1) is 12.5. The highest BCUT2D eigenvalue weighted by atomic mass is 19.1. The molecule has 1 aliphatic carbocycles. The molecule has 0 saturated heterocycles. The van der Waals surface area contributed by atoms with Crippen molar-refractivity contribution in [2.24, 2.45) is 0 Å². The third kappa shape index (κ3) is 2.06. The molecule has 1 saturated carbocycles. The van der Waals surface area contributed by atoms with Crippen LogP contribution in [0.3, 0.4) is 0 Å². The van der Waals surface area contributed by atoms with E-state index >= 15 is 0 Å². The number of nitrogen functional groups attached to an aromatic ring is 1. The number of anilines is 1. The summed E-state index contributed by atoms with van der Waals surface area (Å²) in [4.78, 5) is 20.0. The van der Waals surface area contributed by atoms with Crippen LogP contribution in [0.15, 0.2) is 29.2 Å². The predicted octanol–water partition coefficient (Wildman–Crippen LogP) is 3.37. The van der Waals surface area contributed by atoms with E-state index in [-0.39, 0.29) is 16.8 Å². The van der Waals surface area contributed by atoms with Crippen LogP contribution in [0.2, 0.25) is 0 Å². The SMILES string of the molecule is Cc1nc2c(-c3ccc(F)c4[nH]ncc34)c(N)c(=O)[nH]c2cc1C1CC1. The first-order valence-corrected chi connectivity index (χ1v) is 8.49. The number of benzene rings is 1. The van der Waals surface area contributed by atoms with Gasteiger partial charge in [0, 0.05) is 16.6 Å². The first kappa shape index (κ1) is 15.1. The van der Waals surface area contributed by atoms with Gasteiger partial charge >= 0.3 is 0 Å². The summed E-state index contributed by atoms with van der Waals surface area (Å²) in [5, 5.41) is 7.15. The zero-order valence-electron chi connectivity index (χ0n) is 14.1. The van der Waals surface area contributed by atoms with E-state index in [2.05, 4.69) is 15.2 Å². The lowest BCUT2D eigenvalue weighted by molar-refractivity contribution is 0.636. The van der Waals surface area contributed by atoms with E-state index in [9.17, 15) is 9.18 Å². The smallest absolute Gasteiger partial charge is 0.272 e. The Hall–Kier alpha value is -3.22. The highest BCUT2D eigenvalue weighted by Gasteiger charge is 2.27. The first-order valence-electron chi connectivity index (χ1n) is 8.49. The van der Waals surface area contributed by atoms with Gasteiger partial charge in [0.25, 0.3) is 5.56 Å². The molecule has 0 unspecified atom stereocenters. The van der Waals surface area contributed by atoms with Gasteiger partial charge in [0.05, 0.1) is 17.2 Å². The minimum Gasteiger partial charge on any atom is -0.394 e. The zero-order chi connectivity index (χ0) is 18.0. The van der Waals surface area contributed by atoms with Crippen LogP contribution in [0.1, 0.15) is 30.0 Å². The molecule has 5 rings (SSSR count). The van der Waals surface area contributed by atoms with Gasteiger partial charge in [0.15, 0.2) is 0 Å². The van der Waals surface area contributed by atoms with Gasteiger partial charge in [-0.2, -0.15) is 5.10 Å². The Morgan fingerprint density at radius 3 is 2.88 bits per heavy atom. The highest BCUT2D eigenvalue weighted by molar-refractivity contribution is 6.06. The molecule has 3 aromatic heterocycles. The molecule has 3 heterocycles. The number of aryl methyl sites for hydroxylation is 1. The summed E-state index contributed by atoms with van der Waals surface area (Å²) in [6.45, 7) is 1.97. The molecule has 26 heavy (non-hydrogen) atoms. The number of halogens is 1. The maximum atomic E-state index is 14.0. The van der Waals surface area contributed by atoms with Crippen LogP contribution in [-0.2, 0) is 0 Å². The molecule has 0 amide bonds. The summed E-state index contributed by atoms with van der Waals surface area (Å²) in [5.41, 5.74) is 10.6. The fourth-order valence-electron chi connectivity index (χ4n) is 3.64. The van der Waals surface area contributed by atoms with Gasteiger partial charge in [-0.1, -0.05) is 6.07 Å². The van der Waals surface area contributed by atoms with Crippen LogP contribution < -0.4 is 11.3 Å². The molecular formula is C19H16FN5O. The van der Waals surface area contributed by atoms with Crippen molar-refractivity contribution in [1.82, 2.24) is 20.2 Å². The Labute approximate surface area is 147 Å². The number of H-pyrrole nitrogens is 2. The topological polar surface area (TPSA) is 100 Å². The monoisotopic (exact) mass is 349 g/mol. The van der Waals surface area contributed by atoms with E-state index < -0.39 is 5.82 Å². The van der Waals surface area contributed by atoms with E-state index in [1.165, 1.54) is 12.3 Å². The fraction of sp³-hybridized carbons (Fsp3) is 0.211. The molecule has 7 heteroatoms. The highest BCUT2D eigenvalue weighted by Crippen LogP contribution is 2.43. The molecule has 4 N–H and O–H groups in total. The quantitative estimate of drug-likeness (QED) is 0.516. The molecule has 1 fully saturated rings. The van der Waals surface area contributed by atoms with E-state index in [4.69, 9.17) is 10.7 Å². The fourth-order valence-corrected chi connectivity index (χ4v) is 3.64. The van der Waals surface area contributed by atoms with Gasteiger partial charge in [-0.05, 0) is 48.9 Å². The van der Waals surface area contributed by atoms with Crippen molar-refractivity contribution in [2.45, 2.75) is 25.7 Å². The summed E-state index contributed by atoms with van der Waals surface area (Å²) in [7, 11) is 0. The van der Waals surface area contributed by atoms with Gasteiger partial charge in [0.2, 0.25) is 0 Å². The molecule has 130 valence electrons. The normalized spacial score (nSPS) is 14.4. The minimum atomic E-state index is -0.408. The molecule has 1 aromatic carbocycles. The van der Waals surface area contributed by atoms with Crippen LogP contribution in [0.4, 0.5) is 10.1 Å². The van der Waals surface area contributed by atoms with Gasteiger partial charge in [-0.3, -0.25) is 14.9 Å². The predicted molar refractivity (Wildman–Crippen MR) is 98.5 cm³/mol. The molecule has 1 aliphatic rings. The average Bonchev–Trinajstić information content (AvgIpc) is 3.33. The number of nitrogens with two attached hydrogens (primary N) is 1. The van der Waals surface area contributed by atoms with E-state index in [1.54, 1.807) is 6.07 Å². The number of nitrogens with one attached hydrogen (secondary N) is 2. The molecule has 0 aliphatic heterocycles. The molecule has 0 spiro atoms. The van der Waals surface area contributed by atoms with Crippen molar-refractivity contribution in [3.8, 4) is 11.1 Å². The Morgan fingerprint density at radius 2 is 2.12 bits per heavy atom. The minimum absolute atomic E-state index is 0.0673. The van der Waals surface area contributed by atoms with E-state index in [0.29, 0.717) is 33.5 Å². The maximum absolute atomic E-state index is 14.0. The number of nitrogens with zero attached hydrogens (tertiary/aromatic N) is 2. The van der Waals surface area contributed by atoms with Gasteiger partial charge in [0.1, 0.15) is 17.0 Å². The summed E-state index contributed by atoms with van der Waals surface area (Å²) in [6, 6.07) is 4.95. The van der Waals surface area contributed by atoms with Crippen molar-refractivity contribution < 1.29 is 4.39 Å². The Bertz CT molecular complexity index is 1250. The average molecular weight is 349 g/mol. The van der Waals surface area contributed by atoms with Gasteiger partial charge in [-0.25, -0.2) is 4.39 Å². The summed E-state index contributed by atoms with van der Waals surface area (Å²) < 4.78 is 14.0. The molecule has 0 bridgehead atoms. The van der Waals surface area contributed by atoms with Crippen LogP contribution >= 0.6 is 0 Å². The Morgan fingerprint density at radius 1 is 1.31 bits per heavy atom. The van der Waals surface area contributed by atoms with Crippen molar-refractivity contribution in [2.75, 3.05) is 5.73 Å². The number of aromatic amines is 2. The largest absolute Gasteiger partial charge is 0.394 e. The molecule has 4 aromatic rings. The summed E-state index contributed by atoms with van der Waals surface area (Å²) in [6.07, 6.45) is 3.83. The summed E-state index contributed by atoms with van der Waals surface area (Å²) in [5.74, 6) is 0.108. The van der Waals surface area contributed by atoms with Crippen LogP contribution in [0.25, 0.3) is 33.1 Å². The number of hydrogen-bond acceptors (Lipinski definition) is 4. The third-order valence-corrected chi connectivity index (χ3v) is 5.10. The summed E-state index contributed by atoms with van der Waals surface area (Å²) >= 11 is 0. The zero-order valence-corrected chi connectivity index (χ0v) is 14.1. The number of hydrogen-bond donors (Lipinski definition) is 3. The molecule has 0 atom stereocenters. The van der Waals surface area contributed by atoms with Crippen molar-refractivity contribution in [3.05, 3.63) is 51.8 Å². The maximum Gasteiger partial charge on any atom is 0.272 e. The van der Waals surface area contributed by atoms with Crippen LogP contribution in [0, 0.1) is 12.7 Å². The third-order valence-electron chi connectivity index (χ3n) is 5.10. The lowest BCUT2D eigenvalue weighted by Gasteiger charge is -2.13. The second-order valence-corrected chi connectivity index (χ2v) is 6.83. The second-order valence-electron chi connectivity index (χ2n) is 6.83. The van der Waals surface area contributed by atoms with Crippen molar-refractivity contribution in [3.63, 3.8) is 0 Å². The number of aromatic nitrogens is 4. The van der Waals surface area contributed by atoms with Gasteiger partial charge in [-0.15, -0.1) is 0 Å². The van der Waals surface area contributed by atoms with Crippen molar-refractivity contribution in [1.29, 1.82) is 0 Å². The number of pyridine rings is 2. The lowest BCUT2D eigenvalue weighted by atomic mass is 9.98. The molecule has 0 radical (unpaired) electrons. The van der Waals surface area contributed by atoms with Crippen molar-refractivity contribution >= 4 is 27.6 Å². The Balaban J connectivity index is 1.90. The molecular weight excluding hydrogens is 333 g/mol. The van der Waals surface area contributed by atoms with E-state index in [1.807, 2.05) is 13.0 Å². The van der Waals surface area contributed by atoms with Crippen LogP contribution in [-0.4, -0.2) is 20.2 Å². The number of fused-ring (bicyclic) bond motifs is 2. The van der Waals surface area contributed by atoms with E-state index in [0.717, 1.165) is 24.1 Å². The van der Waals surface area contributed by atoms with Gasteiger partial charge < -0.3 is 10.7 Å². The second kappa shape index (κ2) is 5.14. The van der Waals surface area contributed by atoms with Crippen LogP contribution in [0.5, 0.6) is 0 Å². The standard InChI is InChI=1S/C19H16FN5O/c1-8-11(9-2-3-9)6-14-18(23-8)15(16(21)19(26)24-14)10-4-5-13(20)17-12(10)7-22-25-17/h4-7,9H,2-3,21H2,1H3,(H,22,25)(H,24,26).